The van der Waals surface area contributed by atoms with E-state index in [2.05, 4.69) is 15.2 Å². The first-order valence-electron chi connectivity index (χ1n) is 14.5. The van der Waals surface area contributed by atoms with Crippen molar-refractivity contribution < 1.29 is 37.1 Å². The van der Waals surface area contributed by atoms with E-state index in [0.29, 0.717) is 35.9 Å². The molecule has 0 unspecified atom stereocenters. The first kappa shape index (κ1) is 34.1. The molecule has 1 aromatic heterocycles. The Bertz CT molecular complexity index is 1350. The molecule has 0 saturated carbocycles. The summed E-state index contributed by atoms with van der Waals surface area (Å²) in [6.07, 6.45) is 2.67. The van der Waals surface area contributed by atoms with Crippen LogP contribution in [0.5, 0.6) is 5.75 Å². The summed E-state index contributed by atoms with van der Waals surface area (Å²) in [5.74, 6) is 0.159. The number of aliphatic hydroxyl groups is 1. The summed E-state index contributed by atoms with van der Waals surface area (Å²) in [5, 5.41) is 16.8. The Hall–Kier alpha value is -3.36. The van der Waals surface area contributed by atoms with Crippen LogP contribution >= 0.6 is 0 Å². The topological polar surface area (TPSA) is 164 Å². The van der Waals surface area contributed by atoms with Gasteiger partial charge in [0.25, 0.3) is 5.91 Å². The van der Waals surface area contributed by atoms with Crippen molar-refractivity contribution in [1.29, 1.82) is 0 Å². The van der Waals surface area contributed by atoms with Crippen LogP contribution in [0.4, 0.5) is 16.2 Å². The van der Waals surface area contributed by atoms with E-state index in [9.17, 15) is 23.1 Å². The minimum Gasteiger partial charge on any atom is -0.490 e. The first-order valence-corrected chi connectivity index (χ1v) is 16.4. The fourth-order valence-electron chi connectivity index (χ4n) is 4.88. The maximum absolute atomic E-state index is 14.1. The van der Waals surface area contributed by atoms with Gasteiger partial charge in [0.1, 0.15) is 17.1 Å². The second-order valence-electron chi connectivity index (χ2n) is 11.4. The normalized spacial score (nSPS) is 21.3. The number of nitrogens with zero attached hydrogens (tertiary/aromatic N) is 3. The summed E-state index contributed by atoms with van der Waals surface area (Å²) < 4.78 is 43.9. The number of amides is 3. The SMILES string of the molecule is Cc1noc(C)c1NC(=O)N(C)C[C@H]1OCCCC[C@@H](C)Oc2ccc(NS(C)(=O)=O)cc2C(=O)N([C@@H](C)CO)C[C@H]1C. The lowest BCUT2D eigenvalue weighted by atomic mass is 10.0. The third-order valence-corrected chi connectivity index (χ3v) is 8.03. The Kier molecular flexibility index (Phi) is 11.8. The van der Waals surface area contributed by atoms with Gasteiger partial charge in [-0.05, 0) is 65.2 Å². The minimum atomic E-state index is -3.59. The highest BCUT2D eigenvalue weighted by Gasteiger charge is 2.31. The quantitative estimate of drug-likeness (QED) is 0.418. The molecule has 0 aliphatic carbocycles. The summed E-state index contributed by atoms with van der Waals surface area (Å²) in [4.78, 5) is 30.2. The number of sulfonamides is 1. The number of fused-ring (bicyclic) bond motifs is 1. The van der Waals surface area contributed by atoms with Gasteiger partial charge >= 0.3 is 6.03 Å². The van der Waals surface area contributed by atoms with Gasteiger partial charge < -0.3 is 34.2 Å². The monoisotopic (exact) mass is 623 g/mol. The smallest absolute Gasteiger partial charge is 0.321 e. The van der Waals surface area contributed by atoms with Crippen LogP contribution in [-0.2, 0) is 14.8 Å². The number of hydrogen-bond donors (Lipinski definition) is 3. The molecule has 2 aromatic rings. The summed E-state index contributed by atoms with van der Waals surface area (Å²) in [5.41, 5.74) is 1.50. The molecule has 0 bridgehead atoms. The van der Waals surface area contributed by atoms with E-state index in [0.717, 1.165) is 19.1 Å². The summed E-state index contributed by atoms with van der Waals surface area (Å²) in [7, 11) is -1.92. The lowest BCUT2D eigenvalue weighted by molar-refractivity contribution is -0.0115. The van der Waals surface area contributed by atoms with Crippen molar-refractivity contribution in [2.75, 3.05) is 49.6 Å². The third-order valence-electron chi connectivity index (χ3n) is 7.42. The Balaban J connectivity index is 1.92. The zero-order chi connectivity index (χ0) is 31.9. The van der Waals surface area contributed by atoms with Crippen LogP contribution in [0.15, 0.2) is 22.7 Å². The standard InChI is InChI=1S/C29H45N5O8S/c1-18-15-34(19(2)17-35)28(36)24-14-23(32-43(7,38)39)11-12-25(24)41-20(3)10-8-9-13-40-26(18)16-33(6)29(37)30-27-21(4)31-42-22(27)5/h11-12,14,18-20,26,32,35H,8-10,13,15-17H2,1-7H3,(H,30,37)/t18-,19+,20-,26-/m1/s1. The van der Waals surface area contributed by atoms with E-state index < -0.39 is 28.1 Å². The number of rotatable bonds is 7. The van der Waals surface area contributed by atoms with Crippen LogP contribution in [-0.4, -0.2) is 98.3 Å². The predicted octanol–water partition coefficient (Wildman–Crippen LogP) is 3.62. The van der Waals surface area contributed by atoms with E-state index in [1.807, 2.05) is 13.8 Å². The number of carbonyl (C=O) groups is 2. The first-order chi connectivity index (χ1) is 20.2. The second kappa shape index (κ2) is 14.9. The number of likely N-dealkylation sites (N-methyl/N-ethyl adjacent to an activating group) is 1. The van der Waals surface area contributed by atoms with Crippen molar-refractivity contribution in [3.8, 4) is 5.75 Å². The molecule has 3 amide bonds. The van der Waals surface area contributed by atoms with Crippen molar-refractivity contribution >= 4 is 33.3 Å². The zero-order valence-corrected chi connectivity index (χ0v) is 26.9. The van der Waals surface area contributed by atoms with E-state index >= 15 is 0 Å². The number of carbonyl (C=O) groups excluding carboxylic acids is 2. The second-order valence-corrected chi connectivity index (χ2v) is 13.1. The molecule has 0 fully saturated rings. The Labute approximate surface area is 253 Å². The van der Waals surface area contributed by atoms with Crippen LogP contribution in [0.1, 0.15) is 61.8 Å². The minimum absolute atomic E-state index is 0.179. The molecule has 1 aromatic carbocycles. The van der Waals surface area contributed by atoms with Gasteiger partial charge in [0.2, 0.25) is 10.0 Å². The van der Waals surface area contributed by atoms with Crippen molar-refractivity contribution in [2.45, 2.75) is 72.1 Å². The van der Waals surface area contributed by atoms with Crippen LogP contribution < -0.4 is 14.8 Å². The predicted molar refractivity (Wildman–Crippen MR) is 163 cm³/mol. The van der Waals surface area contributed by atoms with Gasteiger partial charge in [-0.1, -0.05) is 12.1 Å². The summed E-state index contributed by atoms with van der Waals surface area (Å²) in [6, 6.07) is 3.68. The molecule has 4 atom stereocenters. The average Bonchev–Trinajstić information content (AvgIpc) is 3.25. The third kappa shape index (κ3) is 9.57. The Morgan fingerprint density at radius 3 is 2.60 bits per heavy atom. The molecule has 43 heavy (non-hydrogen) atoms. The highest BCUT2D eigenvalue weighted by molar-refractivity contribution is 7.92. The number of benzene rings is 1. The maximum atomic E-state index is 14.1. The lowest BCUT2D eigenvalue weighted by Gasteiger charge is -2.35. The highest BCUT2D eigenvalue weighted by Crippen LogP contribution is 2.29. The van der Waals surface area contributed by atoms with Crippen LogP contribution in [0.2, 0.25) is 0 Å². The molecular formula is C29H45N5O8S. The van der Waals surface area contributed by atoms with E-state index in [-0.39, 0.29) is 49.0 Å². The number of aryl methyl sites for hydroxylation is 2. The van der Waals surface area contributed by atoms with Gasteiger partial charge in [-0.3, -0.25) is 9.52 Å². The fourth-order valence-corrected chi connectivity index (χ4v) is 5.43. The van der Waals surface area contributed by atoms with Crippen molar-refractivity contribution in [3.63, 3.8) is 0 Å². The zero-order valence-electron chi connectivity index (χ0n) is 26.0. The fraction of sp³-hybridized carbons (Fsp3) is 0.621. The Morgan fingerprint density at radius 2 is 1.98 bits per heavy atom. The summed E-state index contributed by atoms with van der Waals surface area (Å²) >= 11 is 0. The molecule has 14 heteroatoms. The van der Waals surface area contributed by atoms with Gasteiger partial charge in [0, 0.05) is 38.3 Å². The number of hydrogen-bond acceptors (Lipinski definition) is 9. The van der Waals surface area contributed by atoms with Gasteiger partial charge in [-0.25, -0.2) is 13.2 Å². The molecule has 240 valence electrons. The molecule has 0 radical (unpaired) electrons. The number of nitrogens with one attached hydrogen (secondary N) is 2. The Morgan fingerprint density at radius 1 is 1.26 bits per heavy atom. The molecule has 0 spiro atoms. The number of anilines is 2. The van der Waals surface area contributed by atoms with Gasteiger partial charge in [-0.15, -0.1) is 0 Å². The summed E-state index contributed by atoms with van der Waals surface area (Å²) in [6.45, 7) is 9.64. The van der Waals surface area contributed by atoms with Crippen LogP contribution in [0.3, 0.4) is 0 Å². The molecule has 1 aliphatic heterocycles. The lowest BCUT2D eigenvalue weighted by Crippen LogP contribution is -2.48. The van der Waals surface area contributed by atoms with Crippen LogP contribution in [0.25, 0.3) is 0 Å². The van der Waals surface area contributed by atoms with Crippen molar-refractivity contribution in [2.24, 2.45) is 5.92 Å². The van der Waals surface area contributed by atoms with Crippen molar-refractivity contribution in [1.82, 2.24) is 15.0 Å². The molecule has 1 aliphatic rings. The number of aliphatic hydroxyl groups excluding tert-OH is 1. The molecule has 3 rings (SSSR count). The number of urea groups is 1. The molecular weight excluding hydrogens is 578 g/mol. The van der Waals surface area contributed by atoms with Crippen molar-refractivity contribution in [3.05, 3.63) is 35.2 Å². The number of aromatic nitrogens is 1. The van der Waals surface area contributed by atoms with E-state index in [1.165, 1.54) is 15.9 Å². The maximum Gasteiger partial charge on any atom is 0.321 e. The van der Waals surface area contributed by atoms with Gasteiger partial charge in [-0.2, -0.15) is 0 Å². The molecule has 13 nitrogen and oxygen atoms in total. The number of ether oxygens (including phenoxy) is 2. The highest BCUT2D eigenvalue weighted by atomic mass is 32.2. The molecule has 2 heterocycles. The molecule has 0 saturated heterocycles. The van der Waals surface area contributed by atoms with Gasteiger partial charge in [0.15, 0.2) is 5.76 Å². The largest absolute Gasteiger partial charge is 0.490 e. The average molecular weight is 624 g/mol. The van der Waals surface area contributed by atoms with E-state index in [1.54, 1.807) is 40.0 Å². The molecule has 3 N–H and O–H groups in total. The van der Waals surface area contributed by atoms with E-state index in [4.69, 9.17) is 14.0 Å². The van der Waals surface area contributed by atoms with Crippen LogP contribution in [0, 0.1) is 19.8 Å². The van der Waals surface area contributed by atoms with Gasteiger partial charge in [0.05, 0.1) is 36.7 Å².